The highest BCUT2D eigenvalue weighted by Crippen LogP contribution is 2.33. The quantitative estimate of drug-likeness (QED) is 0.550. The van der Waals surface area contributed by atoms with E-state index in [1.807, 2.05) is 68.6 Å². The minimum Gasteiger partial charge on any atom is -0.495 e. The molecule has 0 aliphatic rings. The number of nitrogens with one attached hydrogen (secondary N) is 1. The first-order valence-corrected chi connectivity index (χ1v) is 10.5. The van der Waals surface area contributed by atoms with Crippen molar-refractivity contribution in [1.82, 2.24) is 15.1 Å². The number of anilines is 2. The van der Waals surface area contributed by atoms with Crippen molar-refractivity contribution in [2.24, 2.45) is 0 Å². The third-order valence-corrected chi connectivity index (χ3v) is 6.03. The predicted octanol–water partition coefficient (Wildman–Crippen LogP) is 4.43. The van der Waals surface area contributed by atoms with Gasteiger partial charge in [0.05, 0.1) is 18.0 Å². The number of carbonyl (C=O) groups excluding carboxylic acids is 1. The van der Waals surface area contributed by atoms with Crippen LogP contribution in [0.1, 0.15) is 12.5 Å². The van der Waals surface area contributed by atoms with E-state index in [2.05, 4.69) is 15.5 Å². The molecule has 1 atom stereocenters. The van der Waals surface area contributed by atoms with E-state index in [0.717, 1.165) is 21.3 Å². The summed E-state index contributed by atoms with van der Waals surface area (Å²) in [5.74, 6) is 0.793. The molecule has 0 fully saturated rings. The summed E-state index contributed by atoms with van der Waals surface area (Å²) >= 11 is 2.83. The molecule has 0 bridgehead atoms. The van der Waals surface area contributed by atoms with Gasteiger partial charge in [0.1, 0.15) is 5.75 Å². The lowest BCUT2D eigenvalue weighted by atomic mass is 10.2. The Balaban J connectivity index is 1.58. The fourth-order valence-corrected chi connectivity index (χ4v) is 4.64. The summed E-state index contributed by atoms with van der Waals surface area (Å²) < 4.78 is 6.08. The zero-order valence-corrected chi connectivity index (χ0v) is 17.6. The third kappa shape index (κ3) is 5.24. The minimum atomic E-state index is -0.249. The summed E-state index contributed by atoms with van der Waals surface area (Å²) in [7, 11) is 3.45. The molecule has 0 radical (unpaired) electrons. The Bertz CT molecular complexity index is 917. The van der Waals surface area contributed by atoms with Crippen LogP contribution < -0.4 is 10.1 Å². The highest BCUT2D eigenvalue weighted by molar-refractivity contribution is 8.02. The summed E-state index contributed by atoms with van der Waals surface area (Å²) in [4.78, 5) is 14.4. The summed E-state index contributed by atoms with van der Waals surface area (Å²) in [6.45, 7) is 2.48. The maximum atomic E-state index is 12.7. The van der Waals surface area contributed by atoms with Gasteiger partial charge in [-0.2, -0.15) is 0 Å². The van der Waals surface area contributed by atoms with Crippen molar-refractivity contribution < 1.29 is 9.53 Å². The van der Waals surface area contributed by atoms with Crippen molar-refractivity contribution in [1.29, 1.82) is 0 Å². The SMILES string of the molecule is COc1ccccc1Nc1nnc(S[C@H](C)C(=O)N(C)Cc2ccccc2)s1. The number of benzene rings is 2. The molecular formula is C20H22N4O2S2. The summed E-state index contributed by atoms with van der Waals surface area (Å²) in [6, 6.07) is 17.6. The number of rotatable bonds is 8. The van der Waals surface area contributed by atoms with Crippen LogP contribution >= 0.6 is 23.1 Å². The standard InChI is InChI=1S/C20H22N4O2S2/c1-14(18(25)24(2)13-15-9-5-4-6-10-15)27-20-23-22-19(28-20)21-16-11-7-8-12-17(16)26-3/h4-12,14H,13H2,1-3H3,(H,21,22)/t14-/m1/s1. The van der Waals surface area contributed by atoms with Crippen molar-refractivity contribution in [3.63, 3.8) is 0 Å². The van der Waals surface area contributed by atoms with Gasteiger partial charge in [0.25, 0.3) is 0 Å². The Hall–Kier alpha value is -2.58. The van der Waals surface area contributed by atoms with Crippen LogP contribution in [0.25, 0.3) is 0 Å². The highest BCUT2D eigenvalue weighted by atomic mass is 32.2. The summed E-state index contributed by atoms with van der Waals surface area (Å²) in [6.07, 6.45) is 0. The normalized spacial score (nSPS) is 11.7. The van der Waals surface area contributed by atoms with Crippen LogP contribution in [0.2, 0.25) is 0 Å². The Kier molecular flexibility index (Phi) is 6.89. The minimum absolute atomic E-state index is 0.0586. The molecule has 8 heteroatoms. The second-order valence-corrected chi connectivity index (χ2v) is 8.70. The van der Waals surface area contributed by atoms with Gasteiger partial charge < -0.3 is 15.0 Å². The predicted molar refractivity (Wildman–Crippen MR) is 114 cm³/mol. The lowest BCUT2D eigenvalue weighted by Gasteiger charge is -2.20. The van der Waals surface area contributed by atoms with Gasteiger partial charge >= 0.3 is 0 Å². The molecule has 146 valence electrons. The van der Waals surface area contributed by atoms with E-state index in [9.17, 15) is 4.79 Å². The zero-order valence-electron chi connectivity index (χ0n) is 16.0. The smallest absolute Gasteiger partial charge is 0.235 e. The van der Waals surface area contributed by atoms with E-state index < -0.39 is 0 Å². The molecule has 0 saturated carbocycles. The van der Waals surface area contributed by atoms with Crippen molar-refractivity contribution in [2.45, 2.75) is 23.1 Å². The van der Waals surface area contributed by atoms with E-state index in [4.69, 9.17) is 4.74 Å². The van der Waals surface area contributed by atoms with Crippen LogP contribution in [0, 0.1) is 0 Å². The summed E-state index contributed by atoms with van der Waals surface area (Å²) in [5, 5.41) is 12.0. The molecule has 1 aromatic heterocycles. The van der Waals surface area contributed by atoms with Crippen LogP contribution in [0.4, 0.5) is 10.8 Å². The van der Waals surface area contributed by atoms with Gasteiger partial charge in [0.15, 0.2) is 4.34 Å². The number of hydrogen-bond donors (Lipinski definition) is 1. The molecule has 3 aromatic rings. The second kappa shape index (κ2) is 9.57. The largest absolute Gasteiger partial charge is 0.495 e. The molecule has 2 aromatic carbocycles. The Morgan fingerprint density at radius 2 is 1.89 bits per heavy atom. The molecule has 3 rings (SSSR count). The fourth-order valence-electron chi connectivity index (χ4n) is 2.62. The van der Waals surface area contributed by atoms with Crippen LogP contribution in [-0.2, 0) is 11.3 Å². The molecule has 28 heavy (non-hydrogen) atoms. The molecule has 0 unspecified atom stereocenters. The van der Waals surface area contributed by atoms with E-state index in [1.165, 1.54) is 23.1 Å². The lowest BCUT2D eigenvalue weighted by Crippen LogP contribution is -2.32. The van der Waals surface area contributed by atoms with Gasteiger partial charge in [-0.25, -0.2) is 0 Å². The Labute approximate surface area is 172 Å². The zero-order chi connectivity index (χ0) is 19.9. The van der Waals surface area contributed by atoms with E-state index in [-0.39, 0.29) is 11.2 Å². The van der Waals surface area contributed by atoms with Gasteiger partial charge in [-0.15, -0.1) is 10.2 Å². The van der Waals surface area contributed by atoms with Gasteiger partial charge in [0.2, 0.25) is 11.0 Å². The van der Waals surface area contributed by atoms with Crippen LogP contribution in [0.15, 0.2) is 58.9 Å². The number of amides is 1. The van der Waals surface area contributed by atoms with Gasteiger partial charge in [-0.1, -0.05) is 65.6 Å². The number of aromatic nitrogens is 2. The van der Waals surface area contributed by atoms with Gasteiger partial charge in [-0.05, 0) is 24.6 Å². The van der Waals surface area contributed by atoms with E-state index in [1.54, 1.807) is 12.0 Å². The average molecular weight is 415 g/mol. The first-order chi connectivity index (χ1) is 13.6. The topological polar surface area (TPSA) is 67.3 Å². The fraction of sp³-hybridized carbons (Fsp3) is 0.250. The number of thioether (sulfide) groups is 1. The van der Waals surface area contributed by atoms with Crippen LogP contribution in [-0.4, -0.2) is 40.4 Å². The monoisotopic (exact) mass is 414 g/mol. The van der Waals surface area contributed by atoms with Crippen molar-refractivity contribution in [3.8, 4) is 5.75 Å². The number of nitrogens with zero attached hydrogens (tertiary/aromatic N) is 3. The molecule has 0 aliphatic heterocycles. The molecule has 1 heterocycles. The van der Waals surface area contributed by atoms with E-state index >= 15 is 0 Å². The Morgan fingerprint density at radius 3 is 2.64 bits per heavy atom. The molecule has 0 saturated heterocycles. The maximum Gasteiger partial charge on any atom is 0.235 e. The Morgan fingerprint density at radius 1 is 1.18 bits per heavy atom. The number of ether oxygens (including phenoxy) is 1. The number of para-hydroxylation sites is 2. The first-order valence-electron chi connectivity index (χ1n) is 8.76. The highest BCUT2D eigenvalue weighted by Gasteiger charge is 2.21. The maximum absolute atomic E-state index is 12.7. The second-order valence-electron chi connectivity index (χ2n) is 6.14. The molecule has 1 amide bonds. The number of hydrogen-bond acceptors (Lipinski definition) is 7. The molecule has 0 aliphatic carbocycles. The average Bonchev–Trinajstić information content (AvgIpc) is 3.15. The van der Waals surface area contributed by atoms with Crippen molar-refractivity contribution in [2.75, 3.05) is 19.5 Å². The first kappa shape index (κ1) is 20.2. The summed E-state index contributed by atoms with van der Waals surface area (Å²) in [5.41, 5.74) is 1.93. The van der Waals surface area contributed by atoms with Crippen molar-refractivity contribution in [3.05, 3.63) is 60.2 Å². The lowest BCUT2D eigenvalue weighted by molar-refractivity contribution is -0.129. The van der Waals surface area contributed by atoms with E-state index in [0.29, 0.717) is 11.7 Å². The number of methoxy groups -OCH3 is 1. The molecular weight excluding hydrogens is 392 g/mol. The van der Waals surface area contributed by atoms with Gasteiger partial charge in [0, 0.05) is 13.6 Å². The number of carbonyl (C=O) groups is 1. The molecule has 1 N–H and O–H groups in total. The van der Waals surface area contributed by atoms with Crippen molar-refractivity contribution >= 4 is 39.8 Å². The molecule has 6 nitrogen and oxygen atoms in total. The third-order valence-electron chi connectivity index (χ3n) is 4.02. The van der Waals surface area contributed by atoms with Crippen LogP contribution in [0.3, 0.4) is 0 Å². The van der Waals surface area contributed by atoms with Gasteiger partial charge in [-0.3, -0.25) is 4.79 Å². The van der Waals surface area contributed by atoms with Crippen LogP contribution in [0.5, 0.6) is 5.75 Å². The molecule has 0 spiro atoms.